The molecule has 1 aliphatic carbocycles. The summed E-state index contributed by atoms with van der Waals surface area (Å²) in [4.78, 5) is 22.0. The third kappa shape index (κ3) is 3.51. The van der Waals surface area contributed by atoms with Crippen molar-refractivity contribution in [2.45, 2.75) is 51.0 Å². The van der Waals surface area contributed by atoms with Crippen LogP contribution in [0.2, 0.25) is 0 Å². The molecule has 0 amide bonds. The third-order valence-corrected chi connectivity index (χ3v) is 4.14. The lowest BCUT2D eigenvalue weighted by Gasteiger charge is -2.38. The highest BCUT2D eigenvalue weighted by Gasteiger charge is 2.36. The van der Waals surface area contributed by atoms with Crippen molar-refractivity contribution < 1.29 is 14.8 Å². The molecular weight excluding hydrogens is 272 g/mol. The quantitative estimate of drug-likeness (QED) is 0.640. The zero-order valence-corrected chi connectivity index (χ0v) is 12.1. The van der Waals surface area contributed by atoms with Crippen LogP contribution in [0.1, 0.15) is 44.1 Å². The molecule has 2 N–H and O–H groups in total. The standard InChI is InChI=1S/C15H20N2O4/c1-11-6-5-7-12(17(20)21)14(11)16-15(10-13(18)19)8-3-2-4-9-15/h5-7,16H,2-4,8-10H2,1H3,(H,18,19). The van der Waals surface area contributed by atoms with Gasteiger partial charge in [-0.25, -0.2) is 0 Å². The van der Waals surface area contributed by atoms with E-state index in [4.69, 9.17) is 0 Å². The minimum atomic E-state index is -0.874. The number of carbonyl (C=O) groups is 1. The van der Waals surface area contributed by atoms with Crippen molar-refractivity contribution in [1.82, 2.24) is 0 Å². The van der Waals surface area contributed by atoms with E-state index < -0.39 is 16.4 Å². The molecule has 0 bridgehead atoms. The summed E-state index contributed by atoms with van der Waals surface area (Å²) in [6.07, 6.45) is 4.41. The SMILES string of the molecule is Cc1cccc([N+](=O)[O-])c1NC1(CC(=O)O)CCCCC1. The molecule has 0 saturated heterocycles. The molecule has 1 saturated carbocycles. The van der Waals surface area contributed by atoms with Gasteiger partial charge in [0.1, 0.15) is 5.69 Å². The lowest BCUT2D eigenvalue weighted by Crippen LogP contribution is -2.42. The van der Waals surface area contributed by atoms with Gasteiger partial charge in [-0.15, -0.1) is 0 Å². The van der Waals surface area contributed by atoms with E-state index in [2.05, 4.69) is 5.32 Å². The molecule has 1 fully saturated rings. The minimum Gasteiger partial charge on any atom is -0.481 e. The van der Waals surface area contributed by atoms with Gasteiger partial charge in [-0.05, 0) is 25.3 Å². The van der Waals surface area contributed by atoms with E-state index in [1.165, 1.54) is 6.07 Å². The predicted octanol–water partition coefficient (Wildman–Crippen LogP) is 3.49. The van der Waals surface area contributed by atoms with Crippen molar-refractivity contribution >= 4 is 17.3 Å². The number of benzene rings is 1. The highest BCUT2D eigenvalue weighted by molar-refractivity contribution is 5.72. The number of nitrogens with zero attached hydrogens (tertiary/aromatic N) is 1. The summed E-state index contributed by atoms with van der Waals surface area (Å²) in [5.41, 5.74) is 0.636. The Kier molecular flexibility index (Phi) is 4.45. The highest BCUT2D eigenvalue weighted by atomic mass is 16.6. The number of carboxylic acids is 1. The lowest BCUT2D eigenvalue weighted by molar-refractivity contribution is -0.384. The first-order chi connectivity index (χ1) is 9.93. The minimum absolute atomic E-state index is 0.00494. The van der Waals surface area contributed by atoms with E-state index in [1.807, 2.05) is 0 Å². The molecule has 1 aromatic carbocycles. The lowest BCUT2D eigenvalue weighted by atomic mass is 9.79. The Morgan fingerprint density at radius 3 is 2.62 bits per heavy atom. The Hall–Kier alpha value is -2.11. The maximum absolute atomic E-state index is 11.2. The summed E-state index contributed by atoms with van der Waals surface area (Å²) < 4.78 is 0. The zero-order chi connectivity index (χ0) is 15.5. The number of anilines is 1. The predicted molar refractivity (Wildman–Crippen MR) is 79.5 cm³/mol. The molecule has 114 valence electrons. The van der Waals surface area contributed by atoms with Gasteiger partial charge in [0, 0.05) is 11.6 Å². The van der Waals surface area contributed by atoms with Gasteiger partial charge in [-0.2, -0.15) is 0 Å². The Bertz CT molecular complexity index is 551. The van der Waals surface area contributed by atoms with Crippen molar-refractivity contribution in [2.75, 3.05) is 5.32 Å². The number of hydrogen-bond acceptors (Lipinski definition) is 4. The maximum Gasteiger partial charge on any atom is 0.305 e. The number of aryl methyl sites for hydroxylation is 1. The number of para-hydroxylation sites is 1. The van der Waals surface area contributed by atoms with Gasteiger partial charge in [0.25, 0.3) is 5.69 Å². The molecule has 0 heterocycles. The molecule has 0 atom stereocenters. The summed E-state index contributed by atoms with van der Waals surface area (Å²) in [5, 5.41) is 23.6. The van der Waals surface area contributed by atoms with E-state index in [1.54, 1.807) is 19.1 Å². The molecule has 0 aliphatic heterocycles. The number of hydrogen-bond donors (Lipinski definition) is 2. The Morgan fingerprint density at radius 2 is 2.05 bits per heavy atom. The van der Waals surface area contributed by atoms with Crippen LogP contribution in [-0.2, 0) is 4.79 Å². The molecule has 1 aliphatic rings. The van der Waals surface area contributed by atoms with Crippen molar-refractivity contribution in [2.24, 2.45) is 0 Å². The number of nitro groups is 1. The van der Waals surface area contributed by atoms with Gasteiger partial charge in [-0.1, -0.05) is 31.4 Å². The maximum atomic E-state index is 11.2. The van der Waals surface area contributed by atoms with E-state index in [-0.39, 0.29) is 12.1 Å². The number of rotatable bonds is 5. The van der Waals surface area contributed by atoms with Crippen LogP contribution < -0.4 is 5.32 Å². The topological polar surface area (TPSA) is 92.5 Å². The molecule has 6 nitrogen and oxygen atoms in total. The first-order valence-electron chi connectivity index (χ1n) is 7.17. The first-order valence-corrected chi connectivity index (χ1v) is 7.17. The molecule has 21 heavy (non-hydrogen) atoms. The summed E-state index contributed by atoms with van der Waals surface area (Å²) in [5.74, 6) is -0.874. The third-order valence-electron chi connectivity index (χ3n) is 4.14. The number of nitro benzene ring substituents is 1. The second kappa shape index (κ2) is 6.11. The van der Waals surface area contributed by atoms with Crippen LogP contribution in [-0.4, -0.2) is 21.5 Å². The fourth-order valence-electron chi connectivity index (χ4n) is 3.10. The van der Waals surface area contributed by atoms with Crippen molar-refractivity contribution in [3.05, 3.63) is 33.9 Å². The van der Waals surface area contributed by atoms with Crippen LogP contribution in [0.15, 0.2) is 18.2 Å². The van der Waals surface area contributed by atoms with Gasteiger partial charge in [0.15, 0.2) is 0 Å². The van der Waals surface area contributed by atoms with Gasteiger partial charge in [-0.3, -0.25) is 14.9 Å². The monoisotopic (exact) mass is 292 g/mol. The fraction of sp³-hybridized carbons (Fsp3) is 0.533. The van der Waals surface area contributed by atoms with E-state index in [0.29, 0.717) is 5.69 Å². The van der Waals surface area contributed by atoms with Crippen LogP contribution in [0, 0.1) is 17.0 Å². The summed E-state index contributed by atoms with van der Waals surface area (Å²) in [6.45, 7) is 1.80. The smallest absolute Gasteiger partial charge is 0.305 e. The first kappa shape index (κ1) is 15.3. The van der Waals surface area contributed by atoms with Gasteiger partial charge in [0.05, 0.1) is 11.3 Å². The second-order valence-electron chi connectivity index (χ2n) is 5.76. The number of carboxylic acid groups (broad SMARTS) is 1. The van der Waals surface area contributed by atoms with E-state index in [0.717, 1.165) is 37.7 Å². The van der Waals surface area contributed by atoms with Crippen molar-refractivity contribution in [1.29, 1.82) is 0 Å². The van der Waals surface area contributed by atoms with E-state index >= 15 is 0 Å². The van der Waals surface area contributed by atoms with Crippen molar-refractivity contribution in [3.63, 3.8) is 0 Å². The van der Waals surface area contributed by atoms with Gasteiger partial charge < -0.3 is 10.4 Å². The molecule has 1 aromatic rings. The van der Waals surface area contributed by atoms with Crippen LogP contribution in [0.4, 0.5) is 11.4 Å². The molecule has 0 aromatic heterocycles. The fourth-order valence-corrected chi connectivity index (χ4v) is 3.10. The molecular formula is C15H20N2O4. The molecule has 0 unspecified atom stereocenters. The highest BCUT2D eigenvalue weighted by Crippen LogP contribution is 2.38. The van der Waals surface area contributed by atoms with Crippen molar-refractivity contribution in [3.8, 4) is 0 Å². The average molecular weight is 292 g/mol. The van der Waals surface area contributed by atoms with Crippen LogP contribution >= 0.6 is 0 Å². The Morgan fingerprint density at radius 1 is 1.38 bits per heavy atom. The second-order valence-corrected chi connectivity index (χ2v) is 5.76. The summed E-state index contributed by atoms with van der Waals surface area (Å²) in [6, 6.07) is 4.89. The number of nitrogens with one attached hydrogen (secondary N) is 1. The van der Waals surface area contributed by atoms with E-state index in [9.17, 15) is 20.0 Å². The largest absolute Gasteiger partial charge is 0.481 e. The molecule has 0 spiro atoms. The van der Waals surface area contributed by atoms with Crippen LogP contribution in [0.5, 0.6) is 0 Å². The van der Waals surface area contributed by atoms with Crippen LogP contribution in [0.25, 0.3) is 0 Å². The summed E-state index contributed by atoms with van der Waals surface area (Å²) in [7, 11) is 0. The summed E-state index contributed by atoms with van der Waals surface area (Å²) >= 11 is 0. The normalized spacial score (nSPS) is 17.2. The zero-order valence-electron chi connectivity index (χ0n) is 12.1. The Labute approximate surface area is 123 Å². The van der Waals surface area contributed by atoms with Gasteiger partial charge in [0.2, 0.25) is 0 Å². The average Bonchev–Trinajstić information content (AvgIpc) is 2.41. The van der Waals surface area contributed by atoms with Gasteiger partial charge >= 0.3 is 5.97 Å². The molecule has 6 heteroatoms. The Balaban J connectivity index is 2.36. The molecule has 0 radical (unpaired) electrons. The molecule has 2 rings (SSSR count). The number of aliphatic carboxylic acids is 1. The van der Waals surface area contributed by atoms with Crippen LogP contribution in [0.3, 0.4) is 0 Å².